The Morgan fingerprint density at radius 2 is 1.57 bits per heavy atom. The van der Waals surface area contributed by atoms with Gasteiger partial charge in [0.15, 0.2) is 11.6 Å². The van der Waals surface area contributed by atoms with Crippen LogP contribution in [0.4, 0.5) is 13.2 Å². The smallest absolute Gasteiger partial charge is 0.162 e. The number of rotatable bonds is 7. The predicted molar refractivity (Wildman–Crippen MR) is 110 cm³/mol. The zero-order chi connectivity index (χ0) is 19.9. The van der Waals surface area contributed by atoms with Crippen molar-refractivity contribution in [2.75, 3.05) is 6.67 Å². The lowest BCUT2D eigenvalue weighted by molar-refractivity contribution is 0.152. The Morgan fingerprint density at radius 1 is 0.929 bits per heavy atom. The van der Waals surface area contributed by atoms with E-state index in [4.69, 9.17) is 0 Å². The summed E-state index contributed by atoms with van der Waals surface area (Å²) < 4.78 is 39.8. The van der Waals surface area contributed by atoms with Crippen LogP contribution in [0.15, 0.2) is 24.3 Å². The summed E-state index contributed by atoms with van der Waals surface area (Å²) in [6.07, 6.45) is 16.6. The molecule has 0 nitrogen and oxygen atoms in total. The zero-order valence-electron chi connectivity index (χ0n) is 17.2. The molecule has 0 saturated heterocycles. The van der Waals surface area contributed by atoms with Gasteiger partial charge in [-0.3, -0.25) is 4.39 Å². The third-order valence-electron chi connectivity index (χ3n) is 7.29. The Bertz CT molecular complexity index is 635. The average molecular weight is 393 g/mol. The van der Waals surface area contributed by atoms with E-state index in [1.807, 2.05) is 13.0 Å². The lowest BCUT2D eigenvalue weighted by Crippen LogP contribution is -2.25. The van der Waals surface area contributed by atoms with E-state index < -0.39 is 11.6 Å². The highest BCUT2D eigenvalue weighted by atomic mass is 19.2. The van der Waals surface area contributed by atoms with Crippen molar-refractivity contribution in [3.8, 4) is 0 Å². The molecule has 156 valence electrons. The van der Waals surface area contributed by atoms with Gasteiger partial charge in [0.05, 0.1) is 6.67 Å². The first-order chi connectivity index (χ1) is 13.6. The molecule has 0 heterocycles. The molecule has 0 aromatic heterocycles. The van der Waals surface area contributed by atoms with Crippen LogP contribution in [0.1, 0.15) is 75.3 Å². The number of allylic oxidation sites excluding steroid dienone is 2. The highest BCUT2D eigenvalue weighted by Crippen LogP contribution is 2.42. The summed E-state index contributed by atoms with van der Waals surface area (Å²) in [6, 6.07) is 2.92. The fourth-order valence-electron chi connectivity index (χ4n) is 5.45. The fourth-order valence-corrected chi connectivity index (χ4v) is 5.45. The summed E-state index contributed by atoms with van der Waals surface area (Å²) in [7, 11) is 0. The van der Waals surface area contributed by atoms with Crippen molar-refractivity contribution in [3.05, 3.63) is 47.0 Å². The summed E-state index contributed by atoms with van der Waals surface area (Å²) in [5.41, 5.74) is 1.44. The fraction of sp³-hybridized carbons (Fsp3) is 0.680. The summed E-state index contributed by atoms with van der Waals surface area (Å²) >= 11 is 0. The second kappa shape index (κ2) is 10.5. The van der Waals surface area contributed by atoms with Gasteiger partial charge in [-0.1, -0.05) is 31.1 Å². The average Bonchev–Trinajstić information content (AvgIpc) is 2.72. The number of hydrogen-bond acceptors (Lipinski definition) is 0. The van der Waals surface area contributed by atoms with Gasteiger partial charge in [-0.25, -0.2) is 8.78 Å². The number of hydrogen-bond donors (Lipinski definition) is 0. The molecular formula is C25H35F3. The molecule has 0 aliphatic heterocycles. The molecule has 2 aliphatic carbocycles. The minimum Gasteiger partial charge on any atom is -0.251 e. The first kappa shape index (κ1) is 21.5. The zero-order valence-corrected chi connectivity index (χ0v) is 17.2. The van der Waals surface area contributed by atoms with Crippen molar-refractivity contribution in [1.29, 1.82) is 0 Å². The van der Waals surface area contributed by atoms with Crippen LogP contribution in [0, 0.1) is 42.2 Å². The topological polar surface area (TPSA) is 0 Å². The van der Waals surface area contributed by atoms with Crippen LogP contribution in [0.5, 0.6) is 0 Å². The number of alkyl halides is 1. The van der Waals surface area contributed by atoms with Crippen molar-refractivity contribution >= 4 is 0 Å². The normalized spacial score (nSPS) is 28.7. The van der Waals surface area contributed by atoms with Gasteiger partial charge in [-0.15, -0.1) is 0 Å². The van der Waals surface area contributed by atoms with Crippen LogP contribution in [0.2, 0.25) is 0 Å². The van der Waals surface area contributed by atoms with E-state index in [1.165, 1.54) is 57.4 Å². The quantitative estimate of drug-likeness (QED) is 0.416. The molecule has 0 bridgehead atoms. The van der Waals surface area contributed by atoms with Gasteiger partial charge >= 0.3 is 0 Å². The van der Waals surface area contributed by atoms with Gasteiger partial charge < -0.3 is 0 Å². The molecule has 0 radical (unpaired) electrons. The highest BCUT2D eigenvalue weighted by Gasteiger charge is 2.30. The second-order valence-corrected chi connectivity index (χ2v) is 9.06. The summed E-state index contributed by atoms with van der Waals surface area (Å²) in [4.78, 5) is 0. The first-order valence-electron chi connectivity index (χ1n) is 11.2. The Labute approximate surface area is 168 Å². The largest absolute Gasteiger partial charge is 0.251 e. The molecule has 0 atom stereocenters. The van der Waals surface area contributed by atoms with Gasteiger partial charge in [-0.2, -0.15) is 0 Å². The third-order valence-corrected chi connectivity index (χ3v) is 7.29. The van der Waals surface area contributed by atoms with E-state index in [0.717, 1.165) is 23.8 Å². The first-order valence-corrected chi connectivity index (χ1v) is 11.2. The van der Waals surface area contributed by atoms with Gasteiger partial charge in [0.25, 0.3) is 0 Å². The maximum Gasteiger partial charge on any atom is 0.162 e. The third kappa shape index (κ3) is 5.64. The van der Waals surface area contributed by atoms with Gasteiger partial charge in [0.2, 0.25) is 0 Å². The maximum atomic E-state index is 14.1. The van der Waals surface area contributed by atoms with Crippen molar-refractivity contribution in [1.82, 2.24) is 0 Å². The highest BCUT2D eigenvalue weighted by molar-refractivity contribution is 5.28. The van der Waals surface area contributed by atoms with Gasteiger partial charge in [-0.05, 0) is 106 Å². The van der Waals surface area contributed by atoms with E-state index in [1.54, 1.807) is 6.07 Å². The predicted octanol–water partition coefficient (Wildman–Crippen LogP) is 7.73. The van der Waals surface area contributed by atoms with Crippen LogP contribution in [-0.4, -0.2) is 6.67 Å². The van der Waals surface area contributed by atoms with Crippen molar-refractivity contribution < 1.29 is 13.2 Å². The lowest BCUT2D eigenvalue weighted by Gasteiger charge is -2.37. The maximum absolute atomic E-state index is 14.1. The second-order valence-electron chi connectivity index (χ2n) is 9.06. The Morgan fingerprint density at radius 3 is 2.21 bits per heavy atom. The van der Waals surface area contributed by atoms with Gasteiger partial charge in [0, 0.05) is 0 Å². The molecular weight excluding hydrogens is 357 g/mol. The van der Waals surface area contributed by atoms with Crippen LogP contribution < -0.4 is 0 Å². The Hall–Kier alpha value is -1.25. The van der Waals surface area contributed by atoms with Gasteiger partial charge in [0.1, 0.15) is 0 Å². The molecule has 0 amide bonds. The summed E-state index contributed by atoms with van der Waals surface area (Å²) in [5.74, 6) is 1.64. The molecule has 3 heteroatoms. The monoisotopic (exact) mass is 392 g/mol. The minimum atomic E-state index is -0.723. The van der Waals surface area contributed by atoms with Crippen molar-refractivity contribution in [3.63, 3.8) is 0 Å². The molecule has 3 rings (SSSR count). The molecule has 1 aromatic rings. The SMILES string of the molecule is Cc1ccc(F)c(F)c1CCC1CCC(C2CCC(C=CCCF)CC2)CC1. The standard InChI is InChI=1S/C25H35F3/c1-18-5-16-24(27)25(28)23(18)15-10-20-8-13-22(14-9-20)21-11-6-19(7-12-21)4-2-3-17-26/h2,4-5,16,19-22H,3,6-15,17H2,1H3. The minimum absolute atomic E-state index is 0.249. The molecule has 2 saturated carbocycles. The molecule has 2 fully saturated rings. The molecule has 1 aromatic carbocycles. The Kier molecular flexibility index (Phi) is 8.05. The molecule has 0 unspecified atom stereocenters. The number of benzene rings is 1. The van der Waals surface area contributed by atoms with Crippen molar-refractivity contribution in [2.24, 2.45) is 23.7 Å². The lowest BCUT2D eigenvalue weighted by atomic mass is 9.68. The van der Waals surface area contributed by atoms with Crippen LogP contribution in [0.25, 0.3) is 0 Å². The summed E-state index contributed by atoms with van der Waals surface area (Å²) in [5, 5.41) is 0. The van der Waals surface area contributed by atoms with E-state index in [9.17, 15) is 13.2 Å². The number of aryl methyl sites for hydroxylation is 1. The molecule has 2 aliphatic rings. The molecule has 0 N–H and O–H groups in total. The van der Waals surface area contributed by atoms with Crippen LogP contribution >= 0.6 is 0 Å². The van der Waals surface area contributed by atoms with E-state index in [0.29, 0.717) is 30.2 Å². The van der Waals surface area contributed by atoms with Crippen molar-refractivity contribution in [2.45, 2.75) is 77.6 Å². The van der Waals surface area contributed by atoms with E-state index in [-0.39, 0.29) is 6.67 Å². The van der Waals surface area contributed by atoms with E-state index in [2.05, 4.69) is 6.08 Å². The van der Waals surface area contributed by atoms with Crippen LogP contribution in [0.3, 0.4) is 0 Å². The Balaban J connectivity index is 1.40. The summed E-state index contributed by atoms with van der Waals surface area (Å²) in [6.45, 7) is 1.62. The molecule has 28 heavy (non-hydrogen) atoms. The molecule has 0 spiro atoms. The van der Waals surface area contributed by atoms with E-state index >= 15 is 0 Å². The number of halogens is 3. The van der Waals surface area contributed by atoms with Crippen LogP contribution in [-0.2, 0) is 6.42 Å².